The summed E-state index contributed by atoms with van der Waals surface area (Å²) in [5, 5.41) is 19.1. The van der Waals surface area contributed by atoms with Crippen LogP contribution in [-0.2, 0) is 10.2 Å². The zero-order chi connectivity index (χ0) is 18.7. The van der Waals surface area contributed by atoms with Crippen LogP contribution in [0.25, 0.3) is 5.52 Å². The molecule has 26 heavy (non-hydrogen) atoms. The van der Waals surface area contributed by atoms with Gasteiger partial charge in [-0.2, -0.15) is 5.26 Å². The maximum Gasteiger partial charge on any atom is 0.337 e. The number of carboxylic acids is 1. The van der Waals surface area contributed by atoms with Gasteiger partial charge in [-0.25, -0.2) is 9.18 Å². The highest BCUT2D eigenvalue weighted by Gasteiger charge is 2.49. The molecule has 4 rings (SSSR count). The molecule has 2 aromatic heterocycles. The van der Waals surface area contributed by atoms with Gasteiger partial charge in [-0.05, 0) is 63.1 Å². The molecule has 0 unspecified atom stereocenters. The first-order valence-electron chi connectivity index (χ1n) is 8.90. The topological polar surface area (TPSA) is 74.7 Å². The summed E-state index contributed by atoms with van der Waals surface area (Å²) in [5.41, 5.74) is 0.138. The number of ether oxygens (including phenoxy) is 1. The van der Waals surface area contributed by atoms with Gasteiger partial charge in [0.25, 0.3) is 0 Å². The van der Waals surface area contributed by atoms with Gasteiger partial charge < -0.3 is 14.2 Å². The van der Waals surface area contributed by atoms with Gasteiger partial charge in [-0.3, -0.25) is 0 Å². The lowest BCUT2D eigenvalue weighted by molar-refractivity contribution is -0.0596. The molecule has 0 spiro atoms. The molecule has 136 valence electrons. The largest absolute Gasteiger partial charge is 0.478 e. The van der Waals surface area contributed by atoms with Crippen LogP contribution in [0.3, 0.4) is 0 Å². The Labute approximate surface area is 151 Å². The monoisotopic (exact) mass is 356 g/mol. The van der Waals surface area contributed by atoms with Crippen molar-refractivity contribution in [3.8, 4) is 6.07 Å². The van der Waals surface area contributed by atoms with E-state index in [1.54, 1.807) is 16.7 Å². The van der Waals surface area contributed by atoms with E-state index in [1.165, 1.54) is 6.07 Å². The molecule has 1 aliphatic carbocycles. The molecule has 1 atom stereocenters. The Morgan fingerprint density at radius 3 is 2.77 bits per heavy atom. The highest BCUT2D eigenvalue weighted by molar-refractivity contribution is 5.92. The molecule has 1 saturated heterocycles. The Hall–Kier alpha value is -2.39. The molecule has 5 nitrogen and oxygen atoms in total. The Kier molecular flexibility index (Phi) is 3.64. The van der Waals surface area contributed by atoms with E-state index in [4.69, 9.17) is 4.74 Å². The van der Waals surface area contributed by atoms with Crippen LogP contribution in [0.2, 0.25) is 0 Å². The van der Waals surface area contributed by atoms with E-state index in [1.807, 2.05) is 13.8 Å². The number of carbonyl (C=O) groups is 1. The highest BCUT2D eigenvalue weighted by atomic mass is 19.1. The summed E-state index contributed by atoms with van der Waals surface area (Å²) in [6.45, 7) is 4.57. The average molecular weight is 356 g/mol. The number of fused-ring (bicyclic) bond motifs is 1. The molecule has 1 saturated carbocycles. The van der Waals surface area contributed by atoms with E-state index >= 15 is 4.39 Å². The normalized spacial score (nSPS) is 23.5. The number of nitrogens with zero attached hydrogens (tertiary/aromatic N) is 2. The van der Waals surface area contributed by atoms with Gasteiger partial charge in [0.2, 0.25) is 0 Å². The van der Waals surface area contributed by atoms with Crippen LogP contribution in [0.15, 0.2) is 18.3 Å². The van der Waals surface area contributed by atoms with Gasteiger partial charge in [0.05, 0.1) is 33.9 Å². The van der Waals surface area contributed by atoms with Crippen LogP contribution in [0.5, 0.6) is 0 Å². The number of carboxylic acid groups (broad SMARTS) is 1. The maximum atomic E-state index is 15.3. The predicted octanol–water partition coefficient (Wildman–Crippen LogP) is 4.00. The third-order valence-electron chi connectivity index (χ3n) is 5.70. The van der Waals surface area contributed by atoms with Crippen molar-refractivity contribution < 1.29 is 19.0 Å². The fourth-order valence-corrected chi connectivity index (χ4v) is 4.22. The molecule has 1 N–H and O–H groups in total. The highest BCUT2D eigenvalue weighted by Crippen LogP contribution is 2.50. The lowest BCUT2D eigenvalue weighted by Gasteiger charge is -2.35. The van der Waals surface area contributed by atoms with Gasteiger partial charge in [0.1, 0.15) is 0 Å². The number of pyridine rings is 1. The summed E-state index contributed by atoms with van der Waals surface area (Å²) in [4.78, 5) is 11.7. The Morgan fingerprint density at radius 1 is 1.46 bits per heavy atom. The molecular weight excluding hydrogens is 335 g/mol. The Balaban J connectivity index is 1.87. The predicted molar refractivity (Wildman–Crippen MR) is 92.8 cm³/mol. The number of halogens is 1. The smallest absolute Gasteiger partial charge is 0.337 e. The second kappa shape index (κ2) is 5.55. The third kappa shape index (κ3) is 2.50. The van der Waals surface area contributed by atoms with E-state index in [0.717, 1.165) is 6.42 Å². The Bertz CT molecular complexity index is 950. The van der Waals surface area contributed by atoms with Crippen LogP contribution < -0.4 is 0 Å². The summed E-state index contributed by atoms with van der Waals surface area (Å²) < 4.78 is 22.6. The van der Waals surface area contributed by atoms with E-state index in [-0.39, 0.29) is 22.6 Å². The number of hydrogen-bond donors (Lipinski definition) is 1. The lowest BCUT2D eigenvalue weighted by Crippen LogP contribution is -2.33. The Morgan fingerprint density at radius 2 is 2.19 bits per heavy atom. The van der Waals surface area contributed by atoms with Crippen molar-refractivity contribution in [2.24, 2.45) is 0 Å². The van der Waals surface area contributed by atoms with Gasteiger partial charge in [-0.1, -0.05) is 0 Å². The average Bonchev–Trinajstić information content (AvgIpc) is 3.26. The van der Waals surface area contributed by atoms with Crippen molar-refractivity contribution in [3.63, 3.8) is 0 Å². The molecule has 2 aliphatic rings. The minimum absolute atomic E-state index is 0.0207. The van der Waals surface area contributed by atoms with Gasteiger partial charge in [-0.15, -0.1) is 0 Å². The van der Waals surface area contributed by atoms with Crippen LogP contribution in [0.1, 0.15) is 67.1 Å². The van der Waals surface area contributed by atoms with E-state index in [9.17, 15) is 15.2 Å². The molecule has 2 aromatic rings. The van der Waals surface area contributed by atoms with Crippen molar-refractivity contribution >= 4 is 11.5 Å². The summed E-state index contributed by atoms with van der Waals surface area (Å²) in [7, 11) is 0. The second-order valence-corrected chi connectivity index (χ2v) is 8.04. The zero-order valence-electron chi connectivity index (χ0n) is 14.9. The van der Waals surface area contributed by atoms with Crippen molar-refractivity contribution in [3.05, 3.63) is 41.0 Å². The fourth-order valence-electron chi connectivity index (χ4n) is 4.22. The van der Waals surface area contributed by atoms with Crippen LogP contribution >= 0.6 is 0 Å². The summed E-state index contributed by atoms with van der Waals surface area (Å²) >= 11 is 0. The first kappa shape index (κ1) is 17.0. The maximum absolute atomic E-state index is 15.3. The molecular formula is C20H21FN2O3. The third-order valence-corrected chi connectivity index (χ3v) is 5.70. The molecule has 6 heteroatoms. The lowest BCUT2D eigenvalue weighted by atomic mass is 9.83. The van der Waals surface area contributed by atoms with E-state index < -0.39 is 17.2 Å². The van der Waals surface area contributed by atoms with Crippen LogP contribution in [-0.4, -0.2) is 27.7 Å². The van der Waals surface area contributed by atoms with Crippen LogP contribution in [0, 0.1) is 17.1 Å². The molecule has 0 amide bonds. The summed E-state index contributed by atoms with van der Waals surface area (Å²) in [6, 6.07) is 5.33. The number of aromatic nitrogens is 1. The van der Waals surface area contributed by atoms with Crippen molar-refractivity contribution in [1.82, 2.24) is 4.40 Å². The first-order chi connectivity index (χ1) is 12.3. The fraction of sp³-hybridized carbons (Fsp3) is 0.500. The molecule has 0 aromatic carbocycles. The minimum atomic E-state index is -1.13. The summed E-state index contributed by atoms with van der Waals surface area (Å²) in [6.07, 6.45) is 4.37. The molecule has 3 heterocycles. The number of nitriles is 1. The second-order valence-electron chi connectivity index (χ2n) is 8.04. The summed E-state index contributed by atoms with van der Waals surface area (Å²) in [5.74, 6) is -1.49. The minimum Gasteiger partial charge on any atom is -0.478 e. The molecule has 0 bridgehead atoms. The van der Waals surface area contributed by atoms with Gasteiger partial charge in [0.15, 0.2) is 5.82 Å². The SMILES string of the molecule is CC1(C)C[C@H](c2ccn3c(C4(C#N)CC4)c(C(=O)O)cc3c2F)CCO1. The standard InChI is InChI=1S/C20H21FN2O3/c1-19(2)10-12(4-8-26-19)13-3-7-23-15(16(13)21)9-14(18(24)25)17(23)20(11-22)5-6-20/h3,7,9,12H,4-6,8,10H2,1-2H3,(H,24,25)/t12-/m1/s1. The molecule has 0 radical (unpaired) electrons. The zero-order valence-corrected chi connectivity index (χ0v) is 14.9. The first-order valence-corrected chi connectivity index (χ1v) is 8.90. The van der Waals surface area contributed by atoms with Crippen molar-refractivity contribution in [1.29, 1.82) is 5.26 Å². The van der Waals surface area contributed by atoms with Gasteiger partial charge >= 0.3 is 5.97 Å². The van der Waals surface area contributed by atoms with Gasteiger partial charge in [0, 0.05) is 12.8 Å². The quantitative estimate of drug-likeness (QED) is 0.902. The van der Waals surface area contributed by atoms with E-state index in [0.29, 0.717) is 37.1 Å². The van der Waals surface area contributed by atoms with E-state index in [2.05, 4.69) is 6.07 Å². The van der Waals surface area contributed by atoms with Crippen molar-refractivity contribution in [2.75, 3.05) is 6.61 Å². The van der Waals surface area contributed by atoms with Crippen LogP contribution in [0.4, 0.5) is 4.39 Å². The molecule has 2 fully saturated rings. The molecule has 1 aliphatic heterocycles. The number of hydrogen-bond acceptors (Lipinski definition) is 3. The number of rotatable bonds is 3. The number of aromatic carboxylic acids is 1. The van der Waals surface area contributed by atoms with Crippen molar-refractivity contribution in [2.45, 2.75) is 56.5 Å².